The summed E-state index contributed by atoms with van der Waals surface area (Å²) in [5, 5.41) is 2.81. The van der Waals surface area contributed by atoms with Crippen molar-refractivity contribution in [2.75, 3.05) is 6.61 Å². The molecule has 1 heterocycles. The minimum Gasteiger partial charge on any atom is -0.484 e. The van der Waals surface area contributed by atoms with Gasteiger partial charge in [0.25, 0.3) is 5.91 Å². The van der Waals surface area contributed by atoms with Crippen LogP contribution in [0.1, 0.15) is 29.7 Å². The largest absolute Gasteiger partial charge is 0.484 e. The number of pyridine rings is 1. The standard InChI is InChI=1S/C18H20N2O2/c21-18(20-12-16-7-3-4-10-19-16)13-22-17-9-8-14-5-1-2-6-15(14)11-17/h3-4,7-11H,1-2,5-6,12-13H2,(H,20,21). The van der Waals surface area contributed by atoms with Crippen LogP contribution in [0.25, 0.3) is 0 Å². The van der Waals surface area contributed by atoms with Crippen LogP contribution in [0.15, 0.2) is 42.6 Å². The molecule has 4 nitrogen and oxygen atoms in total. The third kappa shape index (κ3) is 3.85. The van der Waals surface area contributed by atoms with E-state index in [0.717, 1.165) is 24.3 Å². The third-order valence-corrected chi connectivity index (χ3v) is 3.88. The van der Waals surface area contributed by atoms with Crippen LogP contribution in [0.5, 0.6) is 5.75 Å². The Balaban J connectivity index is 1.48. The van der Waals surface area contributed by atoms with Crippen LogP contribution in [0, 0.1) is 0 Å². The number of hydrogen-bond acceptors (Lipinski definition) is 3. The molecule has 1 aliphatic carbocycles. The molecule has 4 heteroatoms. The zero-order chi connectivity index (χ0) is 15.2. The maximum atomic E-state index is 11.8. The molecule has 0 bridgehead atoms. The highest BCUT2D eigenvalue weighted by Gasteiger charge is 2.10. The highest BCUT2D eigenvalue weighted by molar-refractivity contribution is 5.77. The van der Waals surface area contributed by atoms with Crippen LogP contribution in [0.4, 0.5) is 0 Å². The molecule has 0 aliphatic heterocycles. The summed E-state index contributed by atoms with van der Waals surface area (Å²) in [4.78, 5) is 16.0. The lowest BCUT2D eigenvalue weighted by atomic mass is 9.92. The van der Waals surface area contributed by atoms with Gasteiger partial charge in [-0.05, 0) is 61.1 Å². The number of nitrogens with zero attached hydrogens (tertiary/aromatic N) is 1. The van der Waals surface area contributed by atoms with Crippen molar-refractivity contribution in [3.63, 3.8) is 0 Å². The molecule has 1 aromatic heterocycles. The third-order valence-electron chi connectivity index (χ3n) is 3.88. The van der Waals surface area contributed by atoms with Gasteiger partial charge < -0.3 is 10.1 Å². The first-order chi connectivity index (χ1) is 10.8. The number of fused-ring (bicyclic) bond motifs is 1. The number of aromatic nitrogens is 1. The maximum absolute atomic E-state index is 11.8. The number of amides is 1. The van der Waals surface area contributed by atoms with E-state index in [1.807, 2.05) is 24.3 Å². The molecular formula is C18H20N2O2. The fourth-order valence-electron chi connectivity index (χ4n) is 2.69. The van der Waals surface area contributed by atoms with Gasteiger partial charge in [0.1, 0.15) is 5.75 Å². The number of benzene rings is 1. The first-order valence-electron chi connectivity index (χ1n) is 7.72. The number of hydrogen-bond donors (Lipinski definition) is 1. The summed E-state index contributed by atoms with van der Waals surface area (Å²) < 4.78 is 5.59. The molecule has 1 amide bonds. The summed E-state index contributed by atoms with van der Waals surface area (Å²) in [7, 11) is 0. The van der Waals surface area contributed by atoms with E-state index >= 15 is 0 Å². The van der Waals surface area contributed by atoms with Crippen molar-refractivity contribution < 1.29 is 9.53 Å². The van der Waals surface area contributed by atoms with Crippen LogP contribution in [0.2, 0.25) is 0 Å². The Morgan fingerprint density at radius 1 is 1.14 bits per heavy atom. The average Bonchev–Trinajstić information content (AvgIpc) is 2.59. The first kappa shape index (κ1) is 14.6. The Bertz CT molecular complexity index is 641. The van der Waals surface area contributed by atoms with Gasteiger partial charge >= 0.3 is 0 Å². The molecule has 2 aromatic rings. The minimum atomic E-state index is -0.136. The van der Waals surface area contributed by atoms with E-state index in [1.165, 1.54) is 24.0 Å². The predicted molar refractivity (Wildman–Crippen MR) is 84.7 cm³/mol. The second kappa shape index (κ2) is 7.07. The Morgan fingerprint density at radius 2 is 2.00 bits per heavy atom. The number of aryl methyl sites for hydroxylation is 2. The quantitative estimate of drug-likeness (QED) is 0.923. The van der Waals surface area contributed by atoms with Crippen molar-refractivity contribution >= 4 is 5.91 Å². The van der Waals surface area contributed by atoms with E-state index in [-0.39, 0.29) is 12.5 Å². The predicted octanol–water partition coefficient (Wildman–Crippen LogP) is 2.66. The van der Waals surface area contributed by atoms with Crippen LogP contribution < -0.4 is 10.1 Å². The van der Waals surface area contributed by atoms with E-state index in [0.29, 0.717) is 6.54 Å². The summed E-state index contributed by atoms with van der Waals surface area (Å²) in [5.74, 6) is 0.636. The highest BCUT2D eigenvalue weighted by atomic mass is 16.5. The van der Waals surface area contributed by atoms with Gasteiger partial charge in [0.05, 0.1) is 12.2 Å². The SMILES string of the molecule is O=C(COc1ccc2c(c1)CCCC2)NCc1ccccn1. The van der Waals surface area contributed by atoms with Crippen LogP contribution in [-0.4, -0.2) is 17.5 Å². The van der Waals surface area contributed by atoms with Crippen LogP contribution >= 0.6 is 0 Å². The molecule has 0 fully saturated rings. The van der Waals surface area contributed by atoms with Gasteiger partial charge in [0.15, 0.2) is 6.61 Å². The molecule has 0 spiro atoms. The molecule has 22 heavy (non-hydrogen) atoms. The van der Waals surface area contributed by atoms with Crippen LogP contribution in [-0.2, 0) is 24.2 Å². The molecule has 1 aromatic carbocycles. The summed E-state index contributed by atoms with van der Waals surface area (Å²) in [6, 6.07) is 11.8. The van der Waals surface area contributed by atoms with Gasteiger partial charge in [-0.25, -0.2) is 0 Å². The minimum absolute atomic E-state index is 0.0334. The average molecular weight is 296 g/mol. The van der Waals surface area contributed by atoms with Crippen molar-refractivity contribution in [2.45, 2.75) is 32.2 Å². The number of ether oxygens (including phenoxy) is 1. The van der Waals surface area contributed by atoms with Gasteiger partial charge in [0, 0.05) is 6.20 Å². The highest BCUT2D eigenvalue weighted by Crippen LogP contribution is 2.25. The van der Waals surface area contributed by atoms with Gasteiger partial charge in [-0.15, -0.1) is 0 Å². The van der Waals surface area contributed by atoms with Crippen molar-refractivity contribution in [3.8, 4) is 5.75 Å². The van der Waals surface area contributed by atoms with Crippen molar-refractivity contribution in [1.29, 1.82) is 0 Å². The maximum Gasteiger partial charge on any atom is 0.258 e. The summed E-state index contributed by atoms with van der Waals surface area (Å²) in [6.07, 6.45) is 6.48. The summed E-state index contributed by atoms with van der Waals surface area (Å²) >= 11 is 0. The second-order valence-corrected chi connectivity index (χ2v) is 5.52. The molecule has 1 aliphatic rings. The summed E-state index contributed by atoms with van der Waals surface area (Å²) in [6.45, 7) is 0.457. The van der Waals surface area contributed by atoms with Gasteiger partial charge in [-0.3, -0.25) is 9.78 Å². The van der Waals surface area contributed by atoms with Gasteiger partial charge in [0.2, 0.25) is 0 Å². The van der Waals surface area contributed by atoms with Gasteiger partial charge in [-0.1, -0.05) is 12.1 Å². The molecule has 0 radical (unpaired) electrons. The molecular weight excluding hydrogens is 276 g/mol. The second-order valence-electron chi connectivity index (χ2n) is 5.52. The molecule has 114 valence electrons. The smallest absolute Gasteiger partial charge is 0.258 e. The lowest BCUT2D eigenvalue weighted by Gasteiger charge is -2.16. The van der Waals surface area contributed by atoms with Crippen molar-refractivity contribution in [2.24, 2.45) is 0 Å². The Hall–Kier alpha value is -2.36. The van der Waals surface area contributed by atoms with Crippen LogP contribution in [0.3, 0.4) is 0 Å². The molecule has 0 unspecified atom stereocenters. The normalized spacial score (nSPS) is 13.3. The topological polar surface area (TPSA) is 51.2 Å². The zero-order valence-corrected chi connectivity index (χ0v) is 12.5. The molecule has 1 N–H and O–H groups in total. The van der Waals surface area contributed by atoms with Crippen molar-refractivity contribution in [1.82, 2.24) is 10.3 Å². The van der Waals surface area contributed by atoms with Crippen molar-refractivity contribution in [3.05, 3.63) is 59.4 Å². The fraction of sp³-hybridized carbons (Fsp3) is 0.333. The van der Waals surface area contributed by atoms with E-state index in [4.69, 9.17) is 4.74 Å². The van der Waals surface area contributed by atoms with E-state index in [2.05, 4.69) is 22.4 Å². The first-order valence-corrected chi connectivity index (χ1v) is 7.72. The lowest BCUT2D eigenvalue weighted by Crippen LogP contribution is -2.28. The lowest BCUT2D eigenvalue weighted by molar-refractivity contribution is -0.123. The van der Waals surface area contributed by atoms with E-state index in [1.54, 1.807) is 6.20 Å². The Kier molecular flexibility index (Phi) is 4.68. The molecule has 0 atom stereocenters. The number of rotatable bonds is 5. The van der Waals surface area contributed by atoms with Gasteiger partial charge in [-0.2, -0.15) is 0 Å². The fourth-order valence-corrected chi connectivity index (χ4v) is 2.69. The zero-order valence-electron chi connectivity index (χ0n) is 12.5. The Labute approximate surface area is 130 Å². The summed E-state index contributed by atoms with van der Waals surface area (Å²) in [5.41, 5.74) is 3.61. The molecule has 0 saturated heterocycles. The van der Waals surface area contributed by atoms with E-state index < -0.39 is 0 Å². The number of carbonyl (C=O) groups is 1. The molecule has 3 rings (SSSR count). The molecule has 0 saturated carbocycles. The number of carbonyl (C=O) groups excluding carboxylic acids is 1. The monoisotopic (exact) mass is 296 g/mol. The Morgan fingerprint density at radius 3 is 2.82 bits per heavy atom. The van der Waals surface area contributed by atoms with E-state index in [9.17, 15) is 4.79 Å². The number of nitrogens with one attached hydrogen (secondary N) is 1.